The Kier molecular flexibility index (Phi) is 8.27. The van der Waals surface area contributed by atoms with Gasteiger partial charge in [0.2, 0.25) is 5.91 Å². The van der Waals surface area contributed by atoms with Gasteiger partial charge in [-0.3, -0.25) is 19.9 Å². The summed E-state index contributed by atoms with van der Waals surface area (Å²) in [6.07, 6.45) is 4.60. The normalized spacial score (nSPS) is 17.5. The lowest BCUT2D eigenvalue weighted by molar-refractivity contribution is -0.120. The van der Waals surface area contributed by atoms with Crippen LogP contribution in [0.3, 0.4) is 0 Å². The molecular formula is C28H31ClN6O2. The van der Waals surface area contributed by atoms with E-state index in [1.807, 2.05) is 24.3 Å². The molecule has 2 aromatic carbocycles. The predicted molar refractivity (Wildman–Crippen MR) is 143 cm³/mol. The molecule has 1 aliphatic carbocycles. The molecule has 0 spiro atoms. The van der Waals surface area contributed by atoms with E-state index in [-0.39, 0.29) is 29.7 Å². The zero-order chi connectivity index (χ0) is 26.4. The van der Waals surface area contributed by atoms with Crippen molar-refractivity contribution < 1.29 is 9.59 Å². The highest BCUT2D eigenvalue weighted by atomic mass is 35.5. The Morgan fingerprint density at radius 2 is 1.70 bits per heavy atom. The van der Waals surface area contributed by atoms with Crippen molar-refractivity contribution in [2.75, 3.05) is 13.1 Å². The molecule has 5 N–H and O–H groups in total. The summed E-state index contributed by atoms with van der Waals surface area (Å²) in [5.74, 6) is -1.48. The Labute approximate surface area is 222 Å². The third-order valence-corrected chi connectivity index (χ3v) is 7.27. The molecule has 0 radical (unpaired) electrons. The molecule has 0 aromatic heterocycles. The number of hydrogen-bond acceptors (Lipinski definition) is 6. The predicted octanol–water partition coefficient (Wildman–Crippen LogP) is 3.72. The number of benzene rings is 2. The molecule has 1 saturated heterocycles. The summed E-state index contributed by atoms with van der Waals surface area (Å²) in [7, 11) is 0. The van der Waals surface area contributed by atoms with Crippen molar-refractivity contribution in [1.82, 2.24) is 15.5 Å². The van der Waals surface area contributed by atoms with E-state index in [1.165, 1.54) is 11.8 Å². The van der Waals surface area contributed by atoms with Gasteiger partial charge in [-0.25, -0.2) is 0 Å². The Bertz CT molecular complexity index is 1220. The number of likely N-dealkylation sites (tertiary alicyclic amines) is 1. The monoisotopic (exact) mass is 518 g/mol. The molecule has 9 heteroatoms. The van der Waals surface area contributed by atoms with Crippen molar-refractivity contribution in [2.45, 2.75) is 44.2 Å². The van der Waals surface area contributed by atoms with E-state index in [4.69, 9.17) is 22.7 Å². The number of primary amides is 1. The van der Waals surface area contributed by atoms with Gasteiger partial charge in [0.05, 0.1) is 23.6 Å². The van der Waals surface area contributed by atoms with Crippen LogP contribution in [-0.2, 0) is 16.1 Å². The Morgan fingerprint density at radius 1 is 1.11 bits per heavy atom. The van der Waals surface area contributed by atoms with Gasteiger partial charge >= 0.3 is 0 Å². The van der Waals surface area contributed by atoms with Crippen molar-refractivity contribution >= 4 is 29.3 Å². The maximum absolute atomic E-state index is 12.0. The van der Waals surface area contributed by atoms with Crippen LogP contribution in [0.2, 0.25) is 5.02 Å². The van der Waals surface area contributed by atoms with Crippen LogP contribution < -0.4 is 16.4 Å². The smallest absolute Gasteiger partial charge is 0.253 e. The maximum Gasteiger partial charge on any atom is 0.253 e. The van der Waals surface area contributed by atoms with Gasteiger partial charge < -0.3 is 16.4 Å². The number of carbonyl (C=O) groups excluding carboxylic acids is 2. The number of halogens is 1. The lowest BCUT2D eigenvalue weighted by Gasteiger charge is -2.41. The lowest BCUT2D eigenvalue weighted by atomic mass is 9.84. The fourth-order valence-electron chi connectivity index (χ4n) is 4.50. The number of amides is 2. The van der Waals surface area contributed by atoms with Gasteiger partial charge in [-0.05, 0) is 54.5 Å². The number of nitrogens with two attached hydrogens (primary N) is 1. The van der Waals surface area contributed by atoms with E-state index < -0.39 is 11.4 Å². The average Bonchev–Trinajstić information content (AvgIpc) is 3.72. The molecule has 4 rings (SSSR count). The van der Waals surface area contributed by atoms with Gasteiger partial charge in [0.1, 0.15) is 5.84 Å². The Hall–Kier alpha value is -3.67. The first kappa shape index (κ1) is 26.4. The van der Waals surface area contributed by atoms with E-state index in [9.17, 15) is 14.9 Å². The quantitative estimate of drug-likeness (QED) is 0.228. The van der Waals surface area contributed by atoms with Crippen LogP contribution in [0, 0.1) is 22.7 Å². The number of nitriles is 1. The van der Waals surface area contributed by atoms with Crippen molar-refractivity contribution in [3.8, 4) is 17.2 Å². The topological polar surface area (TPSA) is 135 Å². The molecule has 2 fully saturated rings. The highest BCUT2D eigenvalue weighted by Gasteiger charge is 2.35. The maximum atomic E-state index is 12.0. The van der Waals surface area contributed by atoms with Crippen LogP contribution in [0.25, 0.3) is 11.1 Å². The second-order valence-corrected chi connectivity index (χ2v) is 10.2. The molecule has 1 aliphatic heterocycles. The van der Waals surface area contributed by atoms with Crippen molar-refractivity contribution in [3.05, 3.63) is 70.9 Å². The number of nitrogens with zero attached hydrogens (tertiary/aromatic N) is 2. The minimum Gasteiger partial charge on any atom is -0.384 e. The van der Waals surface area contributed by atoms with Crippen molar-refractivity contribution in [3.63, 3.8) is 0 Å². The highest BCUT2D eigenvalue weighted by Crippen LogP contribution is 2.29. The van der Waals surface area contributed by atoms with Crippen LogP contribution in [0.4, 0.5) is 0 Å². The number of carbonyl (C=O) groups is 2. The Morgan fingerprint density at radius 3 is 2.24 bits per heavy atom. The van der Waals surface area contributed by atoms with Crippen molar-refractivity contribution in [2.24, 2.45) is 11.7 Å². The highest BCUT2D eigenvalue weighted by molar-refractivity contribution is 6.30. The Balaban J connectivity index is 1.35. The van der Waals surface area contributed by atoms with Crippen LogP contribution in [0.15, 0.2) is 60.3 Å². The molecule has 0 bridgehead atoms. The van der Waals surface area contributed by atoms with Gasteiger partial charge in [0.15, 0.2) is 0 Å². The number of hydrogen-bond donors (Lipinski definition) is 4. The minimum absolute atomic E-state index is 0.0923. The zero-order valence-corrected chi connectivity index (χ0v) is 21.4. The number of rotatable bonds is 9. The van der Waals surface area contributed by atoms with E-state index in [0.29, 0.717) is 17.9 Å². The SMILES string of the molecule is N#CCC1(N/C=C(\C(=N)NC(=O)C2CC2)C(N)=O)CCN(Cc2ccc(-c3ccc(Cl)cc3)cc2)CC1. The zero-order valence-electron chi connectivity index (χ0n) is 20.6. The molecule has 8 nitrogen and oxygen atoms in total. The number of piperidine rings is 1. The summed E-state index contributed by atoms with van der Waals surface area (Å²) in [6.45, 7) is 2.33. The standard InChI is InChI=1S/C28H31ClN6O2/c29-23-9-7-21(8-10-23)20-3-1-19(2-4-20)18-35-15-12-28(11-14-30,13-16-35)33-17-24(26(32)36)25(31)34-27(37)22-5-6-22/h1-4,7-10,17,22,33H,5-6,11-13,15-16,18H2,(H2,32,36)(H2,31,34,37)/b24-17+. The average molecular weight is 519 g/mol. The fourth-order valence-corrected chi connectivity index (χ4v) is 4.62. The fraction of sp³-hybridized carbons (Fsp3) is 0.357. The van der Waals surface area contributed by atoms with Gasteiger partial charge in [-0.15, -0.1) is 0 Å². The molecule has 0 atom stereocenters. The first-order valence-corrected chi connectivity index (χ1v) is 12.8. The lowest BCUT2D eigenvalue weighted by Crippen LogP contribution is -2.51. The first-order chi connectivity index (χ1) is 17.8. The van der Waals surface area contributed by atoms with Gasteiger partial charge in [-0.1, -0.05) is 48.0 Å². The first-order valence-electron chi connectivity index (χ1n) is 12.4. The molecule has 2 aliphatic rings. The van der Waals surface area contributed by atoms with E-state index in [0.717, 1.165) is 43.6 Å². The third-order valence-electron chi connectivity index (χ3n) is 7.02. The number of nitrogens with one attached hydrogen (secondary N) is 3. The number of amidine groups is 1. The van der Waals surface area contributed by atoms with E-state index in [2.05, 4.69) is 45.9 Å². The van der Waals surface area contributed by atoms with Gasteiger partial charge in [0, 0.05) is 36.8 Å². The molecule has 0 unspecified atom stereocenters. The second-order valence-electron chi connectivity index (χ2n) is 9.80. The summed E-state index contributed by atoms with van der Waals surface area (Å²) < 4.78 is 0. The van der Waals surface area contributed by atoms with Crippen LogP contribution >= 0.6 is 11.6 Å². The third kappa shape index (κ3) is 6.97. The summed E-state index contributed by atoms with van der Waals surface area (Å²) in [5.41, 5.74) is 8.29. The van der Waals surface area contributed by atoms with Gasteiger partial charge in [-0.2, -0.15) is 5.26 Å². The van der Waals surface area contributed by atoms with Crippen LogP contribution in [0.1, 0.15) is 37.7 Å². The molecule has 37 heavy (non-hydrogen) atoms. The van der Waals surface area contributed by atoms with Crippen molar-refractivity contribution in [1.29, 1.82) is 10.7 Å². The molecular weight excluding hydrogens is 488 g/mol. The van der Waals surface area contributed by atoms with Crippen LogP contribution in [0.5, 0.6) is 0 Å². The summed E-state index contributed by atoms with van der Waals surface area (Å²) in [6, 6.07) is 18.5. The largest absolute Gasteiger partial charge is 0.384 e. The minimum atomic E-state index is -0.805. The molecule has 2 aromatic rings. The summed E-state index contributed by atoms with van der Waals surface area (Å²) >= 11 is 5.99. The molecule has 1 heterocycles. The molecule has 1 saturated carbocycles. The van der Waals surface area contributed by atoms with Gasteiger partial charge in [0.25, 0.3) is 5.91 Å². The summed E-state index contributed by atoms with van der Waals surface area (Å²) in [5, 5.41) is 24.0. The second kappa shape index (κ2) is 11.6. The van der Waals surface area contributed by atoms with E-state index >= 15 is 0 Å². The summed E-state index contributed by atoms with van der Waals surface area (Å²) in [4.78, 5) is 26.3. The van der Waals surface area contributed by atoms with E-state index in [1.54, 1.807) is 0 Å². The molecule has 192 valence electrons. The molecule has 2 amide bonds. The van der Waals surface area contributed by atoms with Crippen LogP contribution in [-0.4, -0.2) is 41.2 Å².